The molecule has 212 valence electrons. The summed E-state index contributed by atoms with van der Waals surface area (Å²) < 4.78 is 72.1. The van der Waals surface area contributed by atoms with E-state index in [2.05, 4.69) is 15.3 Å². The van der Waals surface area contributed by atoms with Crippen LogP contribution in [0.25, 0.3) is 11.3 Å². The molecular formula is C22H22F6N6O5. The summed E-state index contributed by atoms with van der Waals surface area (Å²) in [5, 5.41) is 28.6. The maximum absolute atomic E-state index is 13.4. The van der Waals surface area contributed by atoms with Crippen LogP contribution in [0.5, 0.6) is 0 Å². The van der Waals surface area contributed by atoms with Gasteiger partial charge in [-0.2, -0.15) is 31.6 Å². The van der Waals surface area contributed by atoms with Gasteiger partial charge in [0.25, 0.3) is 17.4 Å². The van der Waals surface area contributed by atoms with Crippen LogP contribution in [0.4, 0.5) is 32.2 Å². The van der Waals surface area contributed by atoms with Crippen LogP contribution in [-0.2, 0) is 15.2 Å². The molecule has 0 aliphatic carbocycles. The zero-order valence-corrected chi connectivity index (χ0v) is 20.2. The molecule has 0 aliphatic rings. The van der Waals surface area contributed by atoms with Gasteiger partial charge in [0.05, 0.1) is 24.4 Å². The van der Waals surface area contributed by atoms with Crippen molar-refractivity contribution in [3.05, 3.63) is 41.2 Å². The van der Waals surface area contributed by atoms with Gasteiger partial charge in [0, 0.05) is 17.2 Å². The zero-order chi connectivity index (χ0) is 30.3. The first-order valence-electron chi connectivity index (χ1n) is 10.6. The number of aromatic nitrogens is 2. The molecule has 7 N–H and O–H groups in total. The standard InChI is InChI=1S/C20H21F3N6O3.C2HF3O2/c1-3-12(6-7-24)28-17(30)15-16(25)27-9-14(29-15)13-8-11(5-4-10(13)2)19(32,18(26)31)20(21,22)23;3-2(4,5)1(6)7/h4-5,8-9,12,32H,3,6H2,1-2H3,(H2,25,27)(H2,26,31)(H,28,30);(H,6,7). The first-order chi connectivity index (χ1) is 17.8. The highest BCUT2D eigenvalue weighted by Gasteiger charge is 2.60. The lowest BCUT2D eigenvalue weighted by Crippen LogP contribution is -2.52. The van der Waals surface area contributed by atoms with Crippen LogP contribution in [0.2, 0.25) is 0 Å². The molecule has 11 nitrogen and oxygen atoms in total. The number of rotatable bonds is 7. The maximum atomic E-state index is 13.4. The number of amides is 2. The van der Waals surface area contributed by atoms with E-state index in [4.69, 9.17) is 26.6 Å². The summed E-state index contributed by atoms with van der Waals surface area (Å²) in [4.78, 5) is 41.0. The Morgan fingerprint density at radius 2 is 1.74 bits per heavy atom. The lowest BCUT2D eigenvalue weighted by Gasteiger charge is -2.28. The van der Waals surface area contributed by atoms with Gasteiger partial charge in [-0.05, 0) is 25.0 Å². The summed E-state index contributed by atoms with van der Waals surface area (Å²) in [6, 6.07) is 4.54. The summed E-state index contributed by atoms with van der Waals surface area (Å²) in [6.07, 6.45) is -8.79. The van der Waals surface area contributed by atoms with E-state index in [1.54, 1.807) is 13.8 Å². The van der Waals surface area contributed by atoms with Crippen LogP contribution in [0.15, 0.2) is 24.4 Å². The highest BCUT2D eigenvalue weighted by Crippen LogP contribution is 2.40. The zero-order valence-electron chi connectivity index (χ0n) is 20.2. The van der Waals surface area contributed by atoms with Crippen molar-refractivity contribution in [1.82, 2.24) is 15.3 Å². The number of hydrogen-bond donors (Lipinski definition) is 5. The highest BCUT2D eigenvalue weighted by atomic mass is 19.4. The van der Waals surface area contributed by atoms with Crippen molar-refractivity contribution in [1.29, 1.82) is 5.26 Å². The monoisotopic (exact) mass is 564 g/mol. The van der Waals surface area contributed by atoms with Gasteiger partial charge in [-0.1, -0.05) is 19.1 Å². The number of nitrogens with one attached hydrogen (secondary N) is 1. The lowest BCUT2D eigenvalue weighted by molar-refractivity contribution is -0.255. The molecule has 1 aromatic heterocycles. The van der Waals surface area contributed by atoms with Gasteiger partial charge in [-0.3, -0.25) is 9.59 Å². The average molecular weight is 564 g/mol. The minimum atomic E-state index is -5.38. The van der Waals surface area contributed by atoms with Crippen LogP contribution in [-0.4, -0.2) is 56.4 Å². The number of aryl methyl sites for hydroxylation is 1. The van der Waals surface area contributed by atoms with Crippen molar-refractivity contribution >= 4 is 23.6 Å². The summed E-state index contributed by atoms with van der Waals surface area (Å²) >= 11 is 0. The summed E-state index contributed by atoms with van der Waals surface area (Å²) in [6.45, 7) is 3.32. The van der Waals surface area contributed by atoms with Gasteiger partial charge in [0.1, 0.15) is 0 Å². The SMILES string of the molecule is CCC(CC#N)NC(=O)c1nc(-c2cc(C(O)(C(N)=O)C(F)(F)F)ccc2C)cnc1N.O=C(O)C(F)(F)F. The topological polar surface area (TPSA) is 205 Å². The number of halogens is 6. The van der Waals surface area contributed by atoms with E-state index in [1.165, 1.54) is 6.07 Å². The van der Waals surface area contributed by atoms with Gasteiger partial charge in [-0.25, -0.2) is 14.8 Å². The molecule has 0 bridgehead atoms. The molecule has 0 fully saturated rings. The minimum absolute atomic E-state index is 0.0222. The molecule has 2 unspecified atom stereocenters. The normalized spacial score (nSPS) is 13.6. The number of aliphatic carboxylic acids is 1. The minimum Gasteiger partial charge on any atom is -0.475 e. The van der Waals surface area contributed by atoms with Gasteiger partial charge < -0.3 is 27.0 Å². The fourth-order valence-corrected chi connectivity index (χ4v) is 2.93. The van der Waals surface area contributed by atoms with Crippen LogP contribution in [0, 0.1) is 18.3 Å². The molecule has 17 heteroatoms. The molecule has 2 amide bonds. The number of nitrogens with zero attached hydrogens (tertiary/aromatic N) is 3. The second kappa shape index (κ2) is 12.4. The predicted octanol–water partition coefficient (Wildman–Crippen LogP) is 2.32. The van der Waals surface area contributed by atoms with Gasteiger partial charge in [-0.15, -0.1) is 0 Å². The van der Waals surface area contributed by atoms with Crippen molar-refractivity contribution in [3.63, 3.8) is 0 Å². The summed E-state index contributed by atoms with van der Waals surface area (Å²) in [7, 11) is 0. The fourth-order valence-electron chi connectivity index (χ4n) is 2.93. The van der Waals surface area contributed by atoms with E-state index in [-0.39, 0.29) is 29.2 Å². The quantitative estimate of drug-likeness (QED) is 0.312. The maximum Gasteiger partial charge on any atom is 0.490 e. The molecular weight excluding hydrogens is 542 g/mol. The first kappa shape index (κ1) is 32.6. The second-order valence-corrected chi connectivity index (χ2v) is 7.83. The van der Waals surface area contributed by atoms with E-state index in [1.807, 2.05) is 6.07 Å². The molecule has 2 rings (SSSR count). The lowest BCUT2D eigenvalue weighted by atomic mass is 9.89. The Balaban J connectivity index is 0.000000956. The molecule has 1 aromatic carbocycles. The third kappa shape index (κ3) is 7.77. The number of benzene rings is 1. The van der Waals surface area contributed by atoms with E-state index in [0.717, 1.165) is 18.3 Å². The van der Waals surface area contributed by atoms with Crippen molar-refractivity contribution < 1.29 is 50.9 Å². The largest absolute Gasteiger partial charge is 0.490 e. The number of hydrogen-bond acceptors (Lipinski definition) is 8. The van der Waals surface area contributed by atoms with E-state index >= 15 is 0 Å². The van der Waals surface area contributed by atoms with E-state index < -0.39 is 47.3 Å². The van der Waals surface area contributed by atoms with Crippen LogP contribution < -0.4 is 16.8 Å². The van der Waals surface area contributed by atoms with Gasteiger partial charge >= 0.3 is 18.3 Å². The molecule has 0 spiro atoms. The number of carbonyl (C=O) groups excluding carboxylic acids is 2. The number of alkyl halides is 6. The molecule has 1 heterocycles. The van der Waals surface area contributed by atoms with Gasteiger partial charge in [0.15, 0.2) is 11.5 Å². The average Bonchev–Trinajstić information content (AvgIpc) is 2.82. The summed E-state index contributed by atoms with van der Waals surface area (Å²) in [5.74, 6) is -5.69. The Hall–Kier alpha value is -4.46. The number of aliphatic hydroxyl groups is 1. The Morgan fingerprint density at radius 1 is 1.18 bits per heavy atom. The number of anilines is 1. The molecule has 39 heavy (non-hydrogen) atoms. The highest BCUT2D eigenvalue weighted by molar-refractivity contribution is 5.97. The molecule has 0 aliphatic heterocycles. The Kier molecular flexibility index (Phi) is 10.3. The van der Waals surface area contributed by atoms with Crippen molar-refractivity contribution in [2.75, 3.05) is 5.73 Å². The molecule has 0 saturated carbocycles. The molecule has 0 saturated heterocycles. The first-order valence-corrected chi connectivity index (χ1v) is 10.6. The van der Waals surface area contributed by atoms with Crippen LogP contribution in [0.1, 0.15) is 41.4 Å². The Labute approximate surface area is 216 Å². The number of nitrogens with two attached hydrogens (primary N) is 2. The predicted molar refractivity (Wildman–Crippen MR) is 121 cm³/mol. The van der Waals surface area contributed by atoms with Gasteiger partial charge in [0.2, 0.25) is 0 Å². The number of nitrogen functional groups attached to an aromatic ring is 1. The van der Waals surface area contributed by atoms with Crippen molar-refractivity contribution in [3.8, 4) is 17.3 Å². The van der Waals surface area contributed by atoms with Crippen molar-refractivity contribution in [2.24, 2.45) is 5.73 Å². The Bertz CT molecular complexity index is 1280. The Morgan fingerprint density at radius 3 is 2.18 bits per heavy atom. The third-order valence-corrected chi connectivity index (χ3v) is 5.12. The number of carbonyl (C=O) groups is 3. The van der Waals surface area contributed by atoms with E-state index in [0.29, 0.717) is 12.0 Å². The molecule has 2 aromatic rings. The summed E-state index contributed by atoms with van der Waals surface area (Å²) in [5.41, 5.74) is 6.03. The van der Waals surface area contributed by atoms with Crippen molar-refractivity contribution in [2.45, 2.75) is 50.7 Å². The number of nitriles is 1. The van der Waals surface area contributed by atoms with Crippen LogP contribution >= 0.6 is 0 Å². The fraction of sp³-hybridized carbons (Fsp3) is 0.364. The number of primary amides is 1. The van der Waals surface area contributed by atoms with Crippen LogP contribution in [0.3, 0.4) is 0 Å². The second-order valence-electron chi connectivity index (χ2n) is 7.83. The molecule has 0 radical (unpaired) electrons. The number of carboxylic acids is 1. The molecule has 2 atom stereocenters. The van der Waals surface area contributed by atoms with E-state index in [9.17, 15) is 41.0 Å². The third-order valence-electron chi connectivity index (χ3n) is 5.12. The smallest absolute Gasteiger partial charge is 0.475 e. The number of carboxylic acid groups (broad SMARTS) is 1.